The lowest BCUT2D eigenvalue weighted by molar-refractivity contribution is 0.193. The summed E-state index contributed by atoms with van der Waals surface area (Å²) < 4.78 is 8.76. The lowest BCUT2D eigenvalue weighted by Crippen LogP contribution is -2.40. The van der Waals surface area contributed by atoms with Crippen LogP contribution in [0.25, 0.3) is 5.69 Å². The van der Waals surface area contributed by atoms with Gasteiger partial charge in [-0.25, -0.2) is 4.79 Å². The number of carbonyl (C=O) groups is 1. The molecule has 1 aromatic carbocycles. The molecule has 4 rings (SSSR count). The van der Waals surface area contributed by atoms with Crippen molar-refractivity contribution in [2.45, 2.75) is 18.8 Å². The third-order valence-electron chi connectivity index (χ3n) is 5.09. The van der Waals surface area contributed by atoms with Crippen LogP contribution in [0.4, 0.5) is 10.5 Å². The number of nitrogens with zero attached hydrogens (tertiary/aromatic N) is 7. The molecule has 146 valence electrons. The maximum atomic E-state index is 12.7. The third-order valence-corrected chi connectivity index (χ3v) is 5.09. The van der Waals surface area contributed by atoms with E-state index in [2.05, 4.69) is 32.0 Å². The van der Waals surface area contributed by atoms with E-state index in [1.807, 2.05) is 22.8 Å². The van der Waals surface area contributed by atoms with Crippen molar-refractivity contribution < 1.29 is 9.53 Å². The minimum atomic E-state index is -0.115. The van der Waals surface area contributed by atoms with Crippen LogP contribution in [0.5, 0.6) is 5.75 Å². The van der Waals surface area contributed by atoms with Gasteiger partial charge in [0, 0.05) is 43.6 Å². The van der Waals surface area contributed by atoms with Gasteiger partial charge in [-0.15, -0.1) is 5.10 Å². The van der Waals surface area contributed by atoms with Crippen LogP contribution in [0.1, 0.15) is 24.5 Å². The second-order valence-electron chi connectivity index (χ2n) is 6.71. The Morgan fingerprint density at radius 3 is 2.71 bits per heavy atom. The van der Waals surface area contributed by atoms with Gasteiger partial charge in [0.15, 0.2) is 0 Å². The maximum Gasteiger partial charge on any atom is 0.321 e. The molecule has 1 N–H and O–H groups in total. The molecule has 1 aliphatic heterocycles. The average Bonchev–Trinajstić information content (AvgIpc) is 3.40. The predicted molar refractivity (Wildman–Crippen MR) is 101 cm³/mol. The number of hydrogen-bond donors (Lipinski definition) is 1. The molecule has 10 heteroatoms. The minimum Gasteiger partial charge on any atom is -0.494 e. The first kappa shape index (κ1) is 18.0. The molecule has 0 aliphatic carbocycles. The van der Waals surface area contributed by atoms with E-state index in [0.717, 1.165) is 12.8 Å². The van der Waals surface area contributed by atoms with Crippen molar-refractivity contribution in [1.82, 2.24) is 34.9 Å². The monoisotopic (exact) mass is 382 g/mol. The summed E-state index contributed by atoms with van der Waals surface area (Å²) in [6.45, 7) is 1.41. The van der Waals surface area contributed by atoms with Crippen LogP contribution in [0.15, 0.2) is 36.8 Å². The maximum absolute atomic E-state index is 12.7. The Kier molecular flexibility index (Phi) is 4.92. The fraction of sp³-hybridized carbons (Fsp3) is 0.389. The molecule has 3 aromatic rings. The van der Waals surface area contributed by atoms with E-state index in [1.54, 1.807) is 25.3 Å². The quantitative estimate of drug-likeness (QED) is 0.738. The first-order valence-electron chi connectivity index (χ1n) is 9.11. The molecule has 28 heavy (non-hydrogen) atoms. The number of aryl methyl sites for hydroxylation is 1. The number of tetrazole rings is 1. The molecule has 1 aliphatic rings. The van der Waals surface area contributed by atoms with Gasteiger partial charge < -0.3 is 15.0 Å². The average molecular weight is 382 g/mol. The molecule has 0 saturated carbocycles. The Morgan fingerprint density at radius 1 is 1.25 bits per heavy atom. The minimum absolute atomic E-state index is 0.115. The number of anilines is 1. The first-order chi connectivity index (χ1) is 13.7. The summed E-state index contributed by atoms with van der Waals surface area (Å²) in [4.78, 5) is 14.5. The predicted octanol–water partition coefficient (Wildman–Crippen LogP) is 1.82. The first-order valence-corrected chi connectivity index (χ1v) is 9.11. The molecular formula is C18H22N8O2. The molecule has 2 amide bonds. The standard InChI is InChI=1S/C18H22N8O2/c1-24-15(5-8-20-24)13-6-9-25(10-7-13)18(27)21-14-3-4-17(28-2)16(11-14)26-12-19-22-23-26/h3-5,8,11-13H,6-7,9-10H2,1-2H3,(H,21,27). The van der Waals surface area contributed by atoms with Crippen molar-refractivity contribution >= 4 is 11.7 Å². The molecule has 3 heterocycles. The summed E-state index contributed by atoms with van der Waals surface area (Å²) in [5.74, 6) is 1.05. The second kappa shape index (κ2) is 7.67. The Balaban J connectivity index is 1.42. The van der Waals surface area contributed by atoms with Gasteiger partial charge in [0.25, 0.3) is 0 Å². The van der Waals surface area contributed by atoms with Crippen LogP contribution in [0.3, 0.4) is 0 Å². The molecule has 2 aromatic heterocycles. The van der Waals surface area contributed by atoms with E-state index >= 15 is 0 Å². The van der Waals surface area contributed by atoms with Crippen LogP contribution in [-0.2, 0) is 7.05 Å². The van der Waals surface area contributed by atoms with Crippen molar-refractivity contribution in [1.29, 1.82) is 0 Å². The number of likely N-dealkylation sites (tertiary alicyclic amines) is 1. The SMILES string of the molecule is COc1ccc(NC(=O)N2CCC(c3ccnn3C)CC2)cc1-n1cnnn1. The van der Waals surface area contributed by atoms with Crippen LogP contribution < -0.4 is 10.1 Å². The topological polar surface area (TPSA) is 103 Å². The normalized spacial score (nSPS) is 14.9. The van der Waals surface area contributed by atoms with Gasteiger partial charge in [-0.1, -0.05) is 0 Å². The molecule has 0 radical (unpaired) electrons. The summed E-state index contributed by atoms with van der Waals surface area (Å²) in [5, 5.41) is 18.4. The Labute approximate surface area is 162 Å². The number of rotatable bonds is 4. The number of methoxy groups -OCH3 is 1. The molecule has 0 unspecified atom stereocenters. The Hall–Kier alpha value is -3.43. The molecule has 1 fully saturated rings. The number of hydrogen-bond acceptors (Lipinski definition) is 6. The summed E-state index contributed by atoms with van der Waals surface area (Å²) >= 11 is 0. The zero-order chi connectivity index (χ0) is 19.5. The third kappa shape index (κ3) is 3.53. The molecular weight excluding hydrogens is 360 g/mol. The zero-order valence-corrected chi connectivity index (χ0v) is 15.8. The number of amides is 2. The molecule has 0 bridgehead atoms. The largest absolute Gasteiger partial charge is 0.494 e. The van der Waals surface area contributed by atoms with Crippen molar-refractivity contribution in [3.8, 4) is 11.4 Å². The van der Waals surface area contributed by atoms with Crippen molar-refractivity contribution in [2.24, 2.45) is 7.05 Å². The molecule has 10 nitrogen and oxygen atoms in total. The number of piperidine rings is 1. The number of aromatic nitrogens is 6. The van der Waals surface area contributed by atoms with Crippen LogP contribution in [0.2, 0.25) is 0 Å². The van der Waals surface area contributed by atoms with Crippen molar-refractivity contribution in [3.63, 3.8) is 0 Å². The van der Waals surface area contributed by atoms with Gasteiger partial charge in [-0.2, -0.15) is 9.78 Å². The van der Waals surface area contributed by atoms with Gasteiger partial charge in [0.05, 0.1) is 7.11 Å². The summed E-state index contributed by atoms with van der Waals surface area (Å²) in [6.07, 6.45) is 5.14. The van der Waals surface area contributed by atoms with E-state index in [1.165, 1.54) is 16.7 Å². The Morgan fingerprint density at radius 2 is 2.07 bits per heavy atom. The van der Waals surface area contributed by atoms with Crippen molar-refractivity contribution in [2.75, 3.05) is 25.5 Å². The van der Waals surface area contributed by atoms with E-state index in [4.69, 9.17) is 4.74 Å². The lowest BCUT2D eigenvalue weighted by Gasteiger charge is -2.32. The second-order valence-corrected chi connectivity index (χ2v) is 6.71. The van der Waals surface area contributed by atoms with Gasteiger partial charge >= 0.3 is 6.03 Å². The van der Waals surface area contributed by atoms with Crippen LogP contribution in [-0.4, -0.2) is 61.1 Å². The highest BCUT2D eigenvalue weighted by atomic mass is 16.5. The fourth-order valence-electron chi connectivity index (χ4n) is 3.58. The Bertz CT molecular complexity index is 944. The van der Waals surface area contributed by atoms with Gasteiger partial charge in [-0.05, 0) is 47.5 Å². The van der Waals surface area contributed by atoms with Gasteiger partial charge in [0.2, 0.25) is 0 Å². The van der Waals surface area contributed by atoms with Gasteiger partial charge in [0.1, 0.15) is 17.8 Å². The van der Waals surface area contributed by atoms with E-state index in [9.17, 15) is 4.79 Å². The summed E-state index contributed by atoms with van der Waals surface area (Å²) in [6, 6.07) is 7.30. The van der Waals surface area contributed by atoms with Gasteiger partial charge in [-0.3, -0.25) is 4.68 Å². The summed E-state index contributed by atoms with van der Waals surface area (Å²) in [7, 11) is 3.54. The molecule has 0 atom stereocenters. The summed E-state index contributed by atoms with van der Waals surface area (Å²) in [5.41, 5.74) is 2.53. The number of benzene rings is 1. The molecule has 0 spiro atoms. The number of ether oxygens (including phenoxy) is 1. The highest BCUT2D eigenvalue weighted by Crippen LogP contribution is 2.29. The lowest BCUT2D eigenvalue weighted by atomic mass is 9.93. The highest BCUT2D eigenvalue weighted by Gasteiger charge is 2.25. The number of carbonyl (C=O) groups excluding carboxylic acids is 1. The smallest absolute Gasteiger partial charge is 0.321 e. The van der Waals surface area contributed by atoms with E-state index in [-0.39, 0.29) is 6.03 Å². The number of nitrogens with one attached hydrogen (secondary N) is 1. The highest BCUT2D eigenvalue weighted by molar-refractivity contribution is 5.90. The van der Waals surface area contributed by atoms with Crippen LogP contribution >= 0.6 is 0 Å². The van der Waals surface area contributed by atoms with Crippen molar-refractivity contribution in [3.05, 3.63) is 42.5 Å². The number of urea groups is 1. The molecule has 1 saturated heterocycles. The van der Waals surface area contributed by atoms with E-state index in [0.29, 0.717) is 36.1 Å². The fourth-order valence-corrected chi connectivity index (χ4v) is 3.58. The van der Waals surface area contributed by atoms with E-state index < -0.39 is 0 Å². The zero-order valence-electron chi connectivity index (χ0n) is 15.8. The van der Waals surface area contributed by atoms with Crippen LogP contribution in [0, 0.1) is 0 Å².